The first kappa shape index (κ1) is 22.1. The smallest absolute Gasteiger partial charge is 0.237 e. The Morgan fingerprint density at radius 3 is 2.56 bits per heavy atom. The van der Waals surface area contributed by atoms with E-state index in [2.05, 4.69) is 10.6 Å². The number of nitrogens with zero attached hydrogens (tertiary/aromatic N) is 1. The molecular formula is C18H28ClN3O4S. The van der Waals surface area contributed by atoms with Crippen LogP contribution in [-0.4, -0.2) is 57.5 Å². The largest absolute Gasteiger partial charge is 0.379 e. The second kappa shape index (κ2) is 10.4. The monoisotopic (exact) mass is 417 g/mol. The molecule has 1 atom stereocenters. The maximum Gasteiger partial charge on any atom is 0.237 e. The van der Waals surface area contributed by atoms with Crippen molar-refractivity contribution in [3.63, 3.8) is 0 Å². The quantitative estimate of drug-likeness (QED) is 0.721. The number of amides is 1. The Kier molecular flexibility index (Phi) is 8.50. The lowest BCUT2D eigenvalue weighted by Crippen LogP contribution is -2.46. The van der Waals surface area contributed by atoms with Crippen LogP contribution in [0.3, 0.4) is 0 Å². The van der Waals surface area contributed by atoms with Gasteiger partial charge in [-0.1, -0.05) is 30.7 Å². The predicted molar refractivity (Wildman–Crippen MR) is 106 cm³/mol. The van der Waals surface area contributed by atoms with E-state index in [1.807, 2.05) is 24.3 Å². The molecule has 0 bridgehead atoms. The number of ether oxygens (including phenoxy) is 1. The molecule has 3 rings (SSSR count). The van der Waals surface area contributed by atoms with Crippen molar-refractivity contribution in [3.05, 3.63) is 35.4 Å². The SMILES string of the molecule is Cl.O=C(NCc1ccccc1CS(=O)(=O)N1CCOCC1)C1CCCCN1. The number of nitrogens with one attached hydrogen (secondary N) is 2. The molecule has 1 aromatic rings. The van der Waals surface area contributed by atoms with Gasteiger partial charge < -0.3 is 15.4 Å². The van der Waals surface area contributed by atoms with Gasteiger partial charge in [0.2, 0.25) is 15.9 Å². The average Bonchev–Trinajstić information content (AvgIpc) is 2.68. The molecule has 2 aliphatic heterocycles. The minimum Gasteiger partial charge on any atom is -0.379 e. The fourth-order valence-electron chi connectivity index (χ4n) is 3.36. The normalized spacial score (nSPS) is 21.3. The first-order valence-electron chi connectivity index (χ1n) is 9.20. The van der Waals surface area contributed by atoms with E-state index in [0.29, 0.717) is 32.8 Å². The van der Waals surface area contributed by atoms with Crippen LogP contribution in [0.5, 0.6) is 0 Å². The van der Waals surface area contributed by atoms with Crippen LogP contribution in [0.2, 0.25) is 0 Å². The van der Waals surface area contributed by atoms with Crippen molar-refractivity contribution in [1.82, 2.24) is 14.9 Å². The van der Waals surface area contributed by atoms with Crippen molar-refractivity contribution < 1.29 is 17.9 Å². The summed E-state index contributed by atoms with van der Waals surface area (Å²) < 4.78 is 32.0. The van der Waals surface area contributed by atoms with Gasteiger partial charge >= 0.3 is 0 Å². The highest BCUT2D eigenvalue weighted by Gasteiger charge is 2.26. The van der Waals surface area contributed by atoms with Crippen LogP contribution in [-0.2, 0) is 31.9 Å². The van der Waals surface area contributed by atoms with E-state index >= 15 is 0 Å². The topological polar surface area (TPSA) is 87.7 Å². The average molecular weight is 418 g/mol. The molecule has 9 heteroatoms. The van der Waals surface area contributed by atoms with Crippen LogP contribution in [0, 0.1) is 0 Å². The van der Waals surface area contributed by atoms with Crippen LogP contribution >= 0.6 is 12.4 Å². The lowest BCUT2D eigenvalue weighted by molar-refractivity contribution is -0.123. The molecule has 0 radical (unpaired) electrons. The molecule has 1 aromatic carbocycles. The molecule has 0 saturated carbocycles. The molecule has 2 saturated heterocycles. The van der Waals surface area contributed by atoms with Gasteiger partial charge in [0.05, 0.1) is 25.0 Å². The van der Waals surface area contributed by atoms with Gasteiger partial charge in [-0.25, -0.2) is 8.42 Å². The summed E-state index contributed by atoms with van der Waals surface area (Å²) in [5, 5.41) is 6.17. The van der Waals surface area contributed by atoms with E-state index < -0.39 is 10.0 Å². The highest BCUT2D eigenvalue weighted by Crippen LogP contribution is 2.17. The van der Waals surface area contributed by atoms with E-state index in [4.69, 9.17) is 4.74 Å². The predicted octanol–water partition coefficient (Wildman–Crippen LogP) is 1.03. The zero-order valence-electron chi connectivity index (χ0n) is 15.4. The van der Waals surface area contributed by atoms with E-state index in [-0.39, 0.29) is 30.1 Å². The molecule has 2 aliphatic rings. The maximum absolute atomic E-state index is 12.7. The minimum absolute atomic E-state index is 0. The Bertz CT molecular complexity index is 717. The van der Waals surface area contributed by atoms with Crippen LogP contribution in [0.15, 0.2) is 24.3 Å². The molecule has 152 valence electrons. The van der Waals surface area contributed by atoms with Crippen molar-refractivity contribution in [2.24, 2.45) is 0 Å². The van der Waals surface area contributed by atoms with Gasteiger partial charge in [0.25, 0.3) is 0 Å². The number of rotatable bonds is 6. The Labute approximate surface area is 167 Å². The fraction of sp³-hybridized carbons (Fsp3) is 0.611. The van der Waals surface area contributed by atoms with Gasteiger partial charge in [-0.05, 0) is 30.5 Å². The van der Waals surface area contributed by atoms with Crippen LogP contribution < -0.4 is 10.6 Å². The highest BCUT2D eigenvalue weighted by atomic mass is 35.5. The minimum atomic E-state index is -3.39. The fourth-order valence-corrected chi connectivity index (χ4v) is 4.93. The van der Waals surface area contributed by atoms with Crippen molar-refractivity contribution in [3.8, 4) is 0 Å². The van der Waals surface area contributed by atoms with E-state index in [1.165, 1.54) is 4.31 Å². The Balaban J connectivity index is 0.00000261. The molecule has 2 fully saturated rings. The summed E-state index contributed by atoms with van der Waals surface area (Å²) in [6.07, 6.45) is 3.00. The molecule has 0 aromatic heterocycles. The number of hydrogen-bond acceptors (Lipinski definition) is 5. The molecule has 1 amide bonds. The maximum atomic E-state index is 12.7. The number of piperidine rings is 1. The lowest BCUT2D eigenvalue weighted by Gasteiger charge is -2.26. The van der Waals surface area contributed by atoms with Crippen molar-refractivity contribution in [2.45, 2.75) is 37.6 Å². The van der Waals surface area contributed by atoms with Gasteiger partial charge in [-0.2, -0.15) is 4.31 Å². The van der Waals surface area contributed by atoms with Crippen LogP contribution in [0.4, 0.5) is 0 Å². The number of carbonyl (C=O) groups excluding carboxylic acids is 1. The second-order valence-corrected chi connectivity index (χ2v) is 8.73. The van der Waals surface area contributed by atoms with Gasteiger partial charge in [0.15, 0.2) is 0 Å². The van der Waals surface area contributed by atoms with Crippen LogP contribution in [0.25, 0.3) is 0 Å². The van der Waals surface area contributed by atoms with Crippen molar-refractivity contribution in [2.75, 3.05) is 32.8 Å². The number of benzene rings is 1. The van der Waals surface area contributed by atoms with E-state index in [0.717, 1.165) is 36.9 Å². The second-order valence-electron chi connectivity index (χ2n) is 6.76. The highest BCUT2D eigenvalue weighted by molar-refractivity contribution is 7.88. The van der Waals surface area contributed by atoms with Gasteiger partial charge in [0.1, 0.15) is 0 Å². The Morgan fingerprint density at radius 1 is 1.19 bits per heavy atom. The summed E-state index contributed by atoms with van der Waals surface area (Å²) in [5.74, 6) is -0.0729. The summed E-state index contributed by atoms with van der Waals surface area (Å²) in [6, 6.07) is 7.24. The number of carbonyl (C=O) groups is 1. The first-order chi connectivity index (χ1) is 12.6. The Morgan fingerprint density at radius 2 is 1.89 bits per heavy atom. The van der Waals surface area contributed by atoms with Crippen molar-refractivity contribution in [1.29, 1.82) is 0 Å². The number of hydrogen-bond donors (Lipinski definition) is 2. The summed E-state index contributed by atoms with van der Waals surface area (Å²) >= 11 is 0. The Hall–Kier alpha value is -1.19. The summed E-state index contributed by atoms with van der Waals surface area (Å²) in [6.45, 7) is 2.87. The third-order valence-corrected chi connectivity index (χ3v) is 6.73. The zero-order valence-corrected chi connectivity index (χ0v) is 17.0. The van der Waals surface area contributed by atoms with E-state index in [9.17, 15) is 13.2 Å². The number of sulfonamides is 1. The number of halogens is 1. The summed E-state index contributed by atoms with van der Waals surface area (Å²) in [7, 11) is -3.39. The number of morpholine rings is 1. The third kappa shape index (κ3) is 6.15. The van der Waals surface area contributed by atoms with Gasteiger partial charge in [-0.15, -0.1) is 12.4 Å². The lowest BCUT2D eigenvalue weighted by atomic mass is 10.0. The summed E-state index contributed by atoms with van der Waals surface area (Å²) in [5.41, 5.74) is 1.57. The summed E-state index contributed by atoms with van der Waals surface area (Å²) in [4.78, 5) is 12.3. The molecular weight excluding hydrogens is 390 g/mol. The molecule has 2 heterocycles. The first-order valence-corrected chi connectivity index (χ1v) is 10.8. The van der Waals surface area contributed by atoms with E-state index in [1.54, 1.807) is 0 Å². The van der Waals surface area contributed by atoms with Gasteiger partial charge in [-0.3, -0.25) is 4.79 Å². The third-order valence-electron chi connectivity index (χ3n) is 4.90. The molecule has 27 heavy (non-hydrogen) atoms. The van der Waals surface area contributed by atoms with Crippen LogP contribution in [0.1, 0.15) is 30.4 Å². The molecule has 0 spiro atoms. The standard InChI is InChI=1S/C18H27N3O4S.ClH/c22-18(17-7-3-4-8-19-17)20-13-15-5-1-2-6-16(15)14-26(23,24)21-9-11-25-12-10-21;/h1-2,5-6,17,19H,3-4,7-14H2,(H,20,22);1H. The molecule has 2 N–H and O–H groups in total. The zero-order chi connectivity index (χ0) is 18.4. The molecule has 0 aliphatic carbocycles. The molecule has 1 unspecified atom stereocenters. The molecule has 7 nitrogen and oxygen atoms in total. The van der Waals surface area contributed by atoms with Gasteiger partial charge in [0, 0.05) is 19.6 Å². The van der Waals surface area contributed by atoms with Crippen molar-refractivity contribution >= 4 is 28.3 Å².